The molecule has 0 aliphatic carbocycles. The number of nitrogens with zero attached hydrogens (tertiary/aromatic N) is 5. The average Bonchev–Trinajstić information content (AvgIpc) is 2.90. The van der Waals surface area contributed by atoms with Gasteiger partial charge in [-0.2, -0.15) is 13.2 Å². The summed E-state index contributed by atoms with van der Waals surface area (Å²) < 4.78 is 39.3. The summed E-state index contributed by atoms with van der Waals surface area (Å²) in [4.78, 5) is 6.62. The fourth-order valence-electron chi connectivity index (χ4n) is 1.39. The predicted molar refractivity (Wildman–Crippen MR) is 63.4 cm³/mol. The third-order valence-electron chi connectivity index (χ3n) is 2.25. The molecule has 0 saturated carbocycles. The molecule has 2 aromatic heterocycles. The standard InChI is InChI=1S/C9H11F3N8/c10-9(11,12)8-16-6(5-7(17-8)18-13)14-1-3-20-4-2-15-19-20/h2,4-5H,1,3,13H2,(H2,14,16,17,18). The molecule has 0 bridgehead atoms. The quantitative estimate of drug-likeness (QED) is 0.542. The zero-order valence-electron chi connectivity index (χ0n) is 10.1. The number of anilines is 2. The highest BCUT2D eigenvalue weighted by atomic mass is 19.4. The zero-order chi connectivity index (χ0) is 14.6. The number of hydrogen-bond acceptors (Lipinski definition) is 7. The molecule has 2 heterocycles. The van der Waals surface area contributed by atoms with Crippen LogP contribution >= 0.6 is 0 Å². The topological polar surface area (TPSA) is 107 Å². The van der Waals surface area contributed by atoms with E-state index in [-0.39, 0.29) is 11.6 Å². The molecule has 0 aromatic carbocycles. The monoisotopic (exact) mass is 288 g/mol. The Hall–Kier alpha value is -2.43. The molecule has 108 valence electrons. The summed E-state index contributed by atoms with van der Waals surface area (Å²) in [6.45, 7) is 0.748. The number of rotatable bonds is 5. The summed E-state index contributed by atoms with van der Waals surface area (Å²) in [5.41, 5.74) is 2.07. The molecule has 0 radical (unpaired) electrons. The average molecular weight is 288 g/mol. The number of nitrogen functional groups attached to an aromatic ring is 1. The van der Waals surface area contributed by atoms with Crippen LogP contribution in [0.5, 0.6) is 0 Å². The van der Waals surface area contributed by atoms with E-state index < -0.39 is 12.0 Å². The number of alkyl halides is 3. The lowest BCUT2D eigenvalue weighted by Gasteiger charge is -2.11. The van der Waals surface area contributed by atoms with Crippen LogP contribution in [0.1, 0.15) is 5.82 Å². The minimum Gasteiger partial charge on any atom is -0.368 e. The molecule has 0 spiro atoms. The van der Waals surface area contributed by atoms with Crippen LogP contribution in [0.4, 0.5) is 24.8 Å². The van der Waals surface area contributed by atoms with Gasteiger partial charge < -0.3 is 10.7 Å². The third kappa shape index (κ3) is 3.54. The van der Waals surface area contributed by atoms with Crippen molar-refractivity contribution >= 4 is 11.6 Å². The SMILES string of the molecule is NNc1cc(NCCn2ccnn2)nc(C(F)(F)F)n1. The Balaban J connectivity index is 2.06. The number of nitrogens with one attached hydrogen (secondary N) is 2. The first-order chi connectivity index (χ1) is 9.49. The van der Waals surface area contributed by atoms with Crippen LogP contribution in [0.15, 0.2) is 18.5 Å². The summed E-state index contributed by atoms with van der Waals surface area (Å²) in [7, 11) is 0. The molecule has 20 heavy (non-hydrogen) atoms. The highest BCUT2D eigenvalue weighted by Gasteiger charge is 2.35. The predicted octanol–water partition coefficient (Wildman–Crippen LogP) is 0.485. The number of hydrazine groups is 1. The Labute approximate surface area is 111 Å². The second-order valence-electron chi connectivity index (χ2n) is 3.70. The smallest absolute Gasteiger partial charge is 0.368 e. The van der Waals surface area contributed by atoms with Gasteiger partial charge in [0.05, 0.1) is 12.7 Å². The molecule has 0 aliphatic rings. The zero-order valence-corrected chi connectivity index (χ0v) is 10.1. The second-order valence-corrected chi connectivity index (χ2v) is 3.70. The van der Waals surface area contributed by atoms with E-state index >= 15 is 0 Å². The van der Waals surface area contributed by atoms with Gasteiger partial charge in [0.2, 0.25) is 5.82 Å². The lowest BCUT2D eigenvalue weighted by molar-refractivity contribution is -0.144. The van der Waals surface area contributed by atoms with E-state index in [2.05, 4.69) is 31.0 Å². The van der Waals surface area contributed by atoms with Gasteiger partial charge in [0.25, 0.3) is 0 Å². The van der Waals surface area contributed by atoms with Gasteiger partial charge in [-0.1, -0.05) is 5.21 Å². The largest absolute Gasteiger partial charge is 0.451 e. The van der Waals surface area contributed by atoms with Crippen molar-refractivity contribution in [2.75, 3.05) is 17.3 Å². The molecule has 4 N–H and O–H groups in total. The van der Waals surface area contributed by atoms with Crippen molar-refractivity contribution < 1.29 is 13.2 Å². The molecule has 11 heteroatoms. The molecular formula is C9H11F3N8. The molecule has 2 aromatic rings. The van der Waals surface area contributed by atoms with Crippen LogP contribution in [0, 0.1) is 0 Å². The summed E-state index contributed by atoms with van der Waals surface area (Å²) in [5, 5.41) is 10.1. The molecule has 2 rings (SSSR count). The summed E-state index contributed by atoms with van der Waals surface area (Å²) in [6.07, 6.45) is -1.51. The number of halogens is 3. The van der Waals surface area contributed by atoms with Crippen LogP contribution in [-0.4, -0.2) is 31.5 Å². The number of hydrogen-bond donors (Lipinski definition) is 3. The molecule has 0 unspecified atom stereocenters. The maximum absolute atomic E-state index is 12.6. The lowest BCUT2D eigenvalue weighted by atomic mass is 10.4. The van der Waals surface area contributed by atoms with Gasteiger partial charge >= 0.3 is 6.18 Å². The van der Waals surface area contributed by atoms with Crippen LogP contribution in [0.2, 0.25) is 0 Å². The molecule has 0 saturated heterocycles. The first-order valence-electron chi connectivity index (χ1n) is 5.50. The van der Waals surface area contributed by atoms with E-state index in [9.17, 15) is 13.2 Å². The van der Waals surface area contributed by atoms with E-state index in [0.29, 0.717) is 13.1 Å². The Kier molecular flexibility index (Phi) is 3.98. The summed E-state index contributed by atoms with van der Waals surface area (Å²) >= 11 is 0. The Morgan fingerprint density at radius 2 is 2.00 bits per heavy atom. The van der Waals surface area contributed by atoms with Crippen LogP contribution < -0.4 is 16.6 Å². The van der Waals surface area contributed by atoms with Crippen LogP contribution in [0.25, 0.3) is 0 Å². The maximum atomic E-state index is 12.6. The van der Waals surface area contributed by atoms with Gasteiger partial charge in [-0.05, 0) is 0 Å². The molecule has 0 aliphatic heterocycles. The van der Waals surface area contributed by atoms with Gasteiger partial charge in [0, 0.05) is 18.8 Å². The highest BCUT2D eigenvalue weighted by Crippen LogP contribution is 2.28. The van der Waals surface area contributed by atoms with E-state index in [1.165, 1.54) is 16.9 Å². The molecule has 8 nitrogen and oxygen atoms in total. The van der Waals surface area contributed by atoms with Crippen molar-refractivity contribution in [3.8, 4) is 0 Å². The second kappa shape index (κ2) is 5.69. The van der Waals surface area contributed by atoms with E-state index in [1.807, 2.05) is 0 Å². The Bertz CT molecular complexity index is 553. The fraction of sp³-hybridized carbons (Fsp3) is 0.333. The van der Waals surface area contributed by atoms with E-state index in [4.69, 9.17) is 5.84 Å². The molecular weight excluding hydrogens is 277 g/mol. The lowest BCUT2D eigenvalue weighted by Crippen LogP contribution is -2.18. The van der Waals surface area contributed by atoms with Crippen LogP contribution in [-0.2, 0) is 12.7 Å². The minimum atomic E-state index is -4.64. The molecule has 0 amide bonds. The van der Waals surface area contributed by atoms with Crippen LogP contribution in [0.3, 0.4) is 0 Å². The van der Waals surface area contributed by atoms with Crippen molar-refractivity contribution in [3.05, 3.63) is 24.3 Å². The Morgan fingerprint density at radius 1 is 1.25 bits per heavy atom. The van der Waals surface area contributed by atoms with Crippen molar-refractivity contribution in [1.29, 1.82) is 0 Å². The van der Waals surface area contributed by atoms with Crippen molar-refractivity contribution in [2.45, 2.75) is 12.7 Å². The van der Waals surface area contributed by atoms with Gasteiger partial charge in [-0.15, -0.1) is 5.10 Å². The van der Waals surface area contributed by atoms with Gasteiger partial charge in [-0.3, -0.25) is 4.68 Å². The molecule has 0 fully saturated rings. The van der Waals surface area contributed by atoms with Crippen molar-refractivity contribution in [1.82, 2.24) is 25.0 Å². The summed E-state index contributed by atoms with van der Waals surface area (Å²) in [5.74, 6) is 3.70. The van der Waals surface area contributed by atoms with Gasteiger partial charge in [0.15, 0.2) is 0 Å². The first kappa shape index (κ1) is 14.0. The maximum Gasteiger partial charge on any atom is 0.451 e. The molecule has 0 atom stereocenters. The minimum absolute atomic E-state index is 0.0143. The number of aromatic nitrogens is 5. The Morgan fingerprint density at radius 3 is 2.60 bits per heavy atom. The van der Waals surface area contributed by atoms with Gasteiger partial charge in [0.1, 0.15) is 11.6 Å². The summed E-state index contributed by atoms with van der Waals surface area (Å²) in [6, 6.07) is 1.27. The van der Waals surface area contributed by atoms with Crippen molar-refractivity contribution in [2.24, 2.45) is 5.84 Å². The van der Waals surface area contributed by atoms with E-state index in [1.54, 1.807) is 6.20 Å². The normalized spacial score (nSPS) is 11.4. The van der Waals surface area contributed by atoms with E-state index in [0.717, 1.165) is 0 Å². The van der Waals surface area contributed by atoms with Gasteiger partial charge in [-0.25, -0.2) is 15.8 Å². The number of nitrogens with two attached hydrogens (primary N) is 1. The first-order valence-corrected chi connectivity index (χ1v) is 5.50. The fourth-order valence-corrected chi connectivity index (χ4v) is 1.39. The third-order valence-corrected chi connectivity index (χ3v) is 2.25. The highest BCUT2D eigenvalue weighted by molar-refractivity contribution is 5.47. The van der Waals surface area contributed by atoms with Crippen molar-refractivity contribution in [3.63, 3.8) is 0 Å².